The fourth-order valence-corrected chi connectivity index (χ4v) is 4.84. The van der Waals surface area contributed by atoms with Crippen LogP contribution in [-0.4, -0.2) is 68.2 Å². The molecule has 10 heteroatoms. The second-order valence-electron chi connectivity index (χ2n) is 7.04. The summed E-state index contributed by atoms with van der Waals surface area (Å²) in [6.07, 6.45) is 3.70. The number of ether oxygens (including phenoxy) is 1. The minimum absolute atomic E-state index is 0.0910. The normalized spacial score (nSPS) is 16.3. The van der Waals surface area contributed by atoms with E-state index in [0.29, 0.717) is 37.1 Å². The molecule has 1 aromatic carbocycles. The lowest BCUT2D eigenvalue weighted by Gasteiger charge is -2.32. The number of sulfonamides is 1. The van der Waals surface area contributed by atoms with Crippen LogP contribution in [0.5, 0.6) is 5.75 Å². The van der Waals surface area contributed by atoms with Gasteiger partial charge in [0.1, 0.15) is 16.7 Å². The van der Waals surface area contributed by atoms with E-state index in [1.807, 2.05) is 0 Å². The summed E-state index contributed by atoms with van der Waals surface area (Å²) in [5, 5.41) is 9.62. The minimum Gasteiger partial charge on any atom is -0.495 e. The van der Waals surface area contributed by atoms with Crippen LogP contribution in [-0.2, 0) is 14.8 Å². The molecule has 0 unspecified atom stereocenters. The average Bonchev–Trinajstić information content (AvgIpc) is 2.77. The number of likely N-dealkylation sites (tertiary alicyclic amines) is 1. The Kier molecular flexibility index (Phi) is 7.03. The quantitative estimate of drug-likeness (QED) is 0.572. The van der Waals surface area contributed by atoms with Gasteiger partial charge in [-0.15, -0.1) is 0 Å². The molecule has 162 valence electrons. The summed E-state index contributed by atoms with van der Waals surface area (Å²) in [7, 11) is -2.72. The number of hydrogen-bond donors (Lipinski definition) is 3. The van der Waals surface area contributed by atoms with Gasteiger partial charge in [-0.2, -0.15) is 4.72 Å². The number of methoxy groups -OCH3 is 1. The number of benzene rings is 1. The van der Waals surface area contributed by atoms with Crippen LogP contribution in [0.2, 0.25) is 0 Å². The molecule has 0 bridgehead atoms. The number of pyridine rings is 1. The Morgan fingerprint density at radius 3 is 2.67 bits per heavy atom. The molecule has 30 heavy (non-hydrogen) atoms. The molecule has 1 aliphatic heterocycles. The van der Waals surface area contributed by atoms with Crippen molar-refractivity contribution >= 4 is 15.9 Å². The van der Waals surface area contributed by atoms with Gasteiger partial charge in [0.05, 0.1) is 13.2 Å². The van der Waals surface area contributed by atoms with E-state index in [2.05, 4.69) is 9.71 Å². The number of aliphatic hydroxyl groups excluding tert-OH is 1. The van der Waals surface area contributed by atoms with Gasteiger partial charge in [0.15, 0.2) is 0 Å². The Bertz CT molecular complexity index is 976. The summed E-state index contributed by atoms with van der Waals surface area (Å²) in [4.78, 5) is 18.3. The molecule has 0 radical (unpaired) electrons. The fraction of sp³-hybridized carbons (Fsp3) is 0.400. The second-order valence-corrected chi connectivity index (χ2v) is 8.73. The number of aliphatic hydroxyl groups is 1. The molecule has 0 aliphatic carbocycles. The molecule has 4 N–H and O–H groups in total. The summed E-state index contributed by atoms with van der Waals surface area (Å²) >= 11 is 0. The molecule has 1 aliphatic rings. The topological polar surface area (TPSA) is 135 Å². The Morgan fingerprint density at radius 1 is 1.33 bits per heavy atom. The number of aromatic nitrogens is 1. The molecule has 9 nitrogen and oxygen atoms in total. The zero-order chi connectivity index (χ0) is 21.7. The van der Waals surface area contributed by atoms with Crippen LogP contribution in [0, 0.1) is 0 Å². The van der Waals surface area contributed by atoms with Crippen LogP contribution < -0.4 is 15.2 Å². The number of hydrogen-bond acceptors (Lipinski definition) is 7. The summed E-state index contributed by atoms with van der Waals surface area (Å²) in [6, 6.07) is 7.18. The average molecular weight is 435 g/mol. The van der Waals surface area contributed by atoms with Gasteiger partial charge in [0, 0.05) is 43.2 Å². The molecule has 2 aromatic rings. The highest BCUT2D eigenvalue weighted by atomic mass is 32.2. The largest absolute Gasteiger partial charge is 0.495 e. The van der Waals surface area contributed by atoms with Crippen LogP contribution in [0.3, 0.4) is 0 Å². The number of nitrogens with zero attached hydrogens (tertiary/aromatic N) is 2. The lowest BCUT2D eigenvalue weighted by Crippen LogP contribution is -2.54. The number of para-hydroxylation sites is 1. The summed E-state index contributed by atoms with van der Waals surface area (Å²) in [5.74, 6) is -0.252. The van der Waals surface area contributed by atoms with Gasteiger partial charge in [-0.25, -0.2) is 8.42 Å². The lowest BCUT2D eigenvalue weighted by molar-refractivity contribution is -0.134. The highest BCUT2D eigenvalue weighted by Crippen LogP contribution is 2.35. The van der Waals surface area contributed by atoms with Gasteiger partial charge in [-0.05, 0) is 25.0 Å². The Labute approximate surface area is 175 Å². The lowest BCUT2D eigenvalue weighted by atomic mass is 10.1. The van der Waals surface area contributed by atoms with E-state index in [1.54, 1.807) is 36.7 Å². The van der Waals surface area contributed by atoms with Crippen LogP contribution in [0.25, 0.3) is 11.1 Å². The van der Waals surface area contributed by atoms with E-state index in [0.717, 1.165) is 0 Å². The number of piperidine rings is 1. The number of amides is 1. The number of nitrogens with two attached hydrogens (primary N) is 1. The van der Waals surface area contributed by atoms with Gasteiger partial charge in [0.2, 0.25) is 15.9 Å². The van der Waals surface area contributed by atoms with Crippen molar-refractivity contribution in [3.63, 3.8) is 0 Å². The minimum atomic E-state index is -4.11. The number of carbonyl (C=O) groups is 1. The zero-order valence-corrected chi connectivity index (χ0v) is 17.5. The predicted molar refractivity (Wildman–Crippen MR) is 111 cm³/mol. The maximum absolute atomic E-state index is 13.1. The number of rotatable bonds is 7. The standard InChI is InChI=1S/C20H26N4O5S/c1-29-19-16(14-4-3-9-22-13-14)5-2-6-18(19)30(27,28)23-17(12-21)20(26)24-10-7-15(25)8-11-24/h2-6,9,13,15,17,23,25H,7-8,10-12,21H2,1H3/t17-/m0/s1. The van der Waals surface area contributed by atoms with Crippen LogP contribution in [0.4, 0.5) is 0 Å². The third-order valence-corrected chi connectivity index (χ3v) is 6.55. The molecule has 2 heterocycles. The van der Waals surface area contributed by atoms with Crippen LogP contribution in [0.1, 0.15) is 12.8 Å². The maximum atomic E-state index is 13.1. The molecule has 0 saturated carbocycles. The van der Waals surface area contributed by atoms with Gasteiger partial charge >= 0.3 is 0 Å². The second kappa shape index (κ2) is 9.52. The molecular weight excluding hydrogens is 408 g/mol. The van der Waals surface area contributed by atoms with Crippen molar-refractivity contribution in [2.24, 2.45) is 5.73 Å². The highest BCUT2D eigenvalue weighted by molar-refractivity contribution is 7.89. The third kappa shape index (κ3) is 4.78. The Hall–Kier alpha value is -2.53. The Morgan fingerprint density at radius 2 is 2.07 bits per heavy atom. The van der Waals surface area contributed by atoms with Crippen LogP contribution in [0.15, 0.2) is 47.6 Å². The summed E-state index contributed by atoms with van der Waals surface area (Å²) in [5.41, 5.74) is 6.98. The van der Waals surface area contributed by atoms with E-state index in [-0.39, 0.29) is 17.2 Å². The fourth-order valence-electron chi connectivity index (χ4n) is 3.44. The molecule has 3 rings (SSSR count). The molecule has 1 aromatic heterocycles. The van der Waals surface area contributed by atoms with E-state index >= 15 is 0 Å². The van der Waals surface area contributed by atoms with Crippen LogP contribution >= 0.6 is 0 Å². The smallest absolute Gasteiger partial charge is 0.245 e. The first kappa shape index (κ1) is 22.2. The monoisotopic (exact) mass is 434 g/mol. The molecular formula is C20H26N4O5S. The number of nitrogens with one attached hydrogen (secondary N) is 1. The van der Waals surface area contributed by atoms with E-state index in [1.165, 1.54) is 18.1 Å². The van der Waals surface area contributed by atoms with E-state index in [4.69, 9.17) is 10.5 Å². The molecule has 0 spiro atoms. The first-order chi connectivity index (χ1) is 14.4. The Balaban J connectivity index is 1.88. The molecule has 1 atom stereocenters. The SMILES string of the molecule is COc1c(-c2cccnc2)cccc1S(=O)(=O)N[C@@H](CN)C(=O)N1CCC(O)CC1. The van der Waals surface area contributed by atoms with Crippen molar-refractivity contribution in [1.29, 1.82) is 0 Å². The molecule has 1 saturated heterocycles. The van der Waals surface area contributed by atoms with Crippen molar-refractivity contribution in [2.75, 3.05) is 26.7 Å². The zero-order valence-electron chi connectivity index (χ0n) is 16.7. The van der Waals surface area contributed by atoms with E-state index in [9.17, 15) is 18.3 Å². The van der Waals surface area contributed by atoms with Crippen molar-refractivity contribution in [3.05, 3.63) is 42.7 Å². The predicted octanol–water partition coefficient (Wildman–Crippen LogP) is 0.346. The van der Waals surface area contributed by atoms with Gasteiger partial charge in [0.25, 0.3) is 0 Å². The summed E-state index contributed by atoms with van der Waals surface area (Å²) < 4.78 is 34.1. The summed E-state index contributed by atoms with van der Waals surface area (Å²) in [6.45, 7) is 0.526. The van der Waals surface area contributed by atoms with Gasteiger partial charge < -0.3 is 20.5 Å². The molecule has 1 amide bonds. The van der Waals surface area contributed by atoms with Crippen molar-refractivity contribution in [3.8, 4) is 16.9 Å². The van der Waals surface area contributed by atoms with E-state index < -0.39 is 28.1 Å². The maximum Gasteiger partial charge on any atom is 0.245 e. The van der Waals surface area contributed by atoms with Gasteiger partial charge in [-0.3, -0.25) is 9.78 Å². The third-order valence-electron chi connectivity index (χ3n) is 5.05. The van der Waals surface area contributed by atoms with Crippen molar-refractivity contribution in [1.82, 2.24) is 14.6 Å². The first-order valence-corrected chi connectivity index (χ1v) is 11.1. The molecule has 1 fully saturated rings. The van der Waals surface area contributed by atoms with Crippen molar-refractivity contribution in [2.45, 2.75) is 29.9 Å². The van der Waals surface area contributed by atoms with Gasteiger partial charge in [-0.1, -0.05) is 18.2 Å². The first-order valence-electron chi connectivity index (χ1n) is 9.64. The number of carbonyl (C=O) groups excluding carboxylic acids is 1. The highest BCUT2D eigenvalue weighted by Gasteiger charge is 2.32. The van der Waals surface area contributed by atoms with Crippen molar-refractivity contribution < 1.29 is 23.1 Å².